The van der Waals surface area contributed by atoms with Gasteiger partial charge in [0.25, 0.3) is 0 Å². The minimum Gasteiger partial charge on any atom is -0.476 e. The number of benzene rings is 1. The molecule has 0 saturated carbocycles. The summed E-state index contributed by atoms with van der Waals surface area (Å²) in [4.78, 5) is 10.9. The van der Waals surface area contributed by atoms with Gasteiger partial charge in [-0.05, 0) is 25.1 Å². The van der Waals surface area contributed by atoms with Gasteiger partial charge in [0.15, 0.2) is 5.69 Å². The largest absolute Gasteiger partial charge is 0.476 e. The van der Waals surface area contributed by atoms with Crippen LogP contribution in [0.3, 0.4) is 0 Å². The molecule has 0 fully saturated rings. The molecule has 1 aromatic heterocycles. The highest BCUT2D eigenvalue weighted by molar-refractivity contribution is 6.30. The molecule has 4 nitrogen and oxygen atoms in total. The van der Waals surface area contributed by atoms with E-state index >= 15 is 0 Å². The van der Waals surface area contributed by atoms with Crippen LogP contribution in [0, 0.1) is 6.92 Å². The number of alkyl halides is 3. The average Bonchev–Trinajstić information content (AvgIpc) is 2.69. The van der Waals surface area contributed by atoms with Crippen molar-refractivity contribution < 1.29 is 23.1 Å². The van der Waals surface area contributed by atoms with E-state index in [4.69, 9.17) is 16.7 Å². The quantitative estimate of drug-likeness (QED) is 0.923. The lowest BCUT2D eigenvalue weighted by atomic mass is 10.2. The van der Waals surface area contributed by atoms with Crippen molar-refractivity contribution in [1.29, 1.82) is 0 Å². The molecule has 20 heavy (non-hydrogen) atoms. The first-order valence-electron chi connectivity index (χ1n) is 5.36. The van der Waals surface area contributed by atoms with Gasteiger partial charge in [-0.25, -0.2) is 9.48 Å². The first-order chi connectivity index (χ1) is 9.18. The zero-order chi connectivity index (χ0) is 15.1. The molecule has 8 heteroatoms. The van der Waals surface area contributed by atoms with Crippen molar-refractivity contribution in [1.82, 2.24) is 9.78 Å². The number of aryl methyl sites for hydroxylation is 1. The highest BCUT2D eigenvalue weighted by atomic mass is 35.5. The minimum atomic E-state index is -4.54. The third-order valence-electron chi connectivity index (χ3n) is 2.57. The molecular formula is C12H8ClF3N2O2. The maximum atomic E-state index is 12.7. The van der Waals surface area contributed by atoms with Gasteiger partial charge in [0.05, 0.1) is 11.3 Å². The molecule has 0 aliphatic heterocycles. The third-order valence-corrected chi connectivity index (χ3v) is 2.79. The Labute approximate surface area is 116 Å². The summed E-state index contributed by atoms with van der Waals surface area (Å²) in [5, 5.41) is 12.5. The lowest BCUT2D eigenvalue weighted by molar-refractivity contribution is -0.137. The van der Waals surface area contributed by atoms with E-state index in [0.29, 0.717) is 5.56 Å². The van der Waals surface area contributed by atoms with Gasteiger partial charge < -0.3 is 5.11 Å². The van der Waals surface area contributed by atoms with Crippen LogP contribution in [-0.2, 0) is 6.18 Å². The number of nitrogens with zero attached hydrogens (tertiary/aromatic N) is 2. The van der Waals surface area contributed by atoms with Crippen LogP contribution in [0.25, 0.3) is 5.69 Å². The van der Waals surface area contributed by atoms with Crippen LogP contribution in [0.5, 0.6) is 0 Å². The minimum absolute atomic E-state index is 0.0421. The van der Waals surface area contributed by atoms with E-state index in [9.17, 15) is 18.0 Å². The van der Waals surface area contributed by atoms with Crippen molar-refractivity contribution in [2.75, 3.05) is 0 Å². The monoisotopic (exact) mass is 304 g/mol. The van der Waals surface area contributed by atoms with Crippen LogP contribution >= 0.6 is 11.6 Å². The molecule has 0 aliphatic carbocycles. The van der Waals surface area contributed by atoms with Crippen LogP contribution < -0.4 is 0 Å². The second-order valence-electron chi connectivity index (χ2n) is 4.11. The Morgan fingerprint density at radius 3 is 2.50 bits per heavy atom. The Kier molecular flexibility index (Phi) is 3.47. The maximum Gasteiger partial charge on any atom is 0.416 e. The van der Waals surface area contributed by atoms with Crippen molar-refractivity contribution in [2.24, 2.45) is 0 Å². The lowest BCUT2D eigenvalue weighted by Crippen LogP contribution is -2.07. The van der Waals surface area contributed by atoms with E-state index in [-0.39, 0.29) is 16.4 Å². The van der Waals surface area contributed by atoms with Crippen LogP contribution in [0.15, 0.2) is 24.4 Å². The average molecular weight is 305 g/mol. The molecule has 0 bridgehead atoms. The standard InChI is InChI=1S/C12H8ClF3N2O2/c1-6-5-18(17-10(6)11(19)20)9-3-7(12(14,15)16)2-8(13)4-9/h2-5H,1H3,(H,19,20). The normalized spacial score (nSPS) is 11.7. The molecule has 0 aliphatic rings. The van der Waals surface area contributed by atoms with E-state index in [1.165, 1.54) is 19.2 Å². The molecule has 2 rings (SSSR count). The van der Waals surface area contributed by atoms with Crippen molar-refractivity contribution in [3.05, 3.63) is 46.2 Å². The van der Waals surface area contributed by atoms with E-state index in [1.54, 1.807) is 0 Å². The van der Waals surface area contributed by atoms with Crippen molar-refractivity contribution >= 4 is 17.6 Å². The van der Waals surface area contributed by atoms with Gasteiger partial charge in [0.2, 0.25) is 0 Å². The number of halogens is 4. The first-order valence-corrected chi connectivity index (χ1v) is 5.74. The van der Waals surface area contributed by atoms with E-state index in [0.717, 1.165) is 16.8 Å². The van der Waals surface area contributed by atoms with Crippen LogP contribution in [0.4, 0.5) is 13.2 Å². The summed E-state index contributed by atoms with van der Waals surface area (Å²) in [5.74, 6) is -1.25. The zero-order valence-electron chi connectivity index (χ0n) is 10.1. The number of hydrogen-bond donors (Lipinski definition) is 1. The summed E-state index contributed by atoms with van der Waals surface area (Å²) < 4.78 is 39.1. The summed E-state index contributed by atoms with van der Waals surface area (Å²) in [6, 6.07) is 2.92. The van der Waals surface area contributed by atoms with Gasteiger partial charge in [-0.1, -0.05) is 11.6 Å². The van der Waals surface area contributed by atoms with Crippen LogP contribution in [-0.4, -0.2) is 20.9 Å². The summed E-state index contributed by atoms with van der Waals surface area (Å²) in [5.41, 5.74) is -0.768. The van der Waals surface area contributed by atoms with E-state index < -0.39 is 17.7 Å². The molecule has 106 valence electrons. The first kappa shape index (κ1) is 14.4. The molecule has 2 aromatic rings. The number of rotatable bonds is 2. The third kappa shape index (κ3) is 2.77. The Morgan fingerprint density at radius 2 is 2.00 bits per heavy atom. The van der Waals surface area contributed by atoms with Crippen LogP contribution in [0.1, 0.15) is 21.6 Å². The molecule has 0 saturated heterocycles. The molecule has 0 radical (unpaired) electrons. The van der Waals surface area contributed by atoms with Crippen molar-refractivity contribution in [2.45, 2.75) is 13.1 Å². The predicted octanol–water partition coefficient (Wildman–Crippen LogP) is 3.55. The van der Waals surface area contributed by atoms with Crippen molar-refractivity contribution in [3.8, 4) is 5.69 Å². The molecule has 0 unspecified atom stereocenters. The zero-order valence-corrected chi connectivity index (χ0v) is 10.8. The fourth-order valence-corrected chi connectivity index (χ4v) is 1.90. The second-order valence-corrected chi connectivity index (χ2v) is 4.54. The number of aromatic nitrogens is 2. The predicted molar refractivity (Wildman–Crippen MR) is 65.3 cm³/mol. The highest BCUT2D eigenvalue weighted by Crippen LogP contribution is 2.32. The van der Waals surface area contributed by atoms with Crippen molar-refractivity contribution in [3.63, 3.8) is 0 Å². The Balaban J connectivity index is 2.56. The van der Waals surface area contributed by atoms with E-state index in [1.807, 2.05) is 0 Å². The van der Waals surface area contributed by atoms with Gasteiger partial charge >= 0.3 is 12.1 Å². The SMILES string of the molecule is Cc1cn(-c2cc(Cl)cc(C(F)(F)F)c2)nc1C(=O)O. The smallest absolute Gasteiger partial charge is 0.416 e. The van der Waals surface area contributed by atoms with Gasteiger partial charge in [0, 0.05) is 16.8 Å². The number of carboxylic acids is 1. The second kappa shape index (κ2) is 4.82. The van der Waals surface area contributed by atoms with Crippen LogP contribution in [0.2, 0.25) is 5.02 Å². The molecule has 0 spiro atoms. The molecule has 1 heterocycles. The summed E-state index contributed by atoms with van der Waals surface area (Å²) in [7, 11) is 0. The number of carboxylic acid groups (broad SMARTS) is 1. The highest BCUT2D eigenvalue weighted by Gasteiger charge is 2.31. The number of aromatic carboxylic acids is 1. The number of carbonyl (C=O) groups is 1. The summed E-state index contributed by atoms with van der Waals surface area (Å²) in [6.45, 7) is 1.50. The molecule has 1 N–H and O–H groups in total. The fourth-order valence-electron chi connectivity index (χ4n) is 1.67. The van der Waals surface area contributed by atoms with Gasteiger partial charge in [-0.15, -0.1) is 0 Å². The van der Waals surface area contributed by atoms with Gasteiger partial charge in [-0.2, -0.15) is 18.3 Å². The lowest BCUT2D eigenvalue weighted by Gasteiger charge is -2.09. The Hall–Kier alpha value is -2.02. The Morgan fingerprint density at radius 1 is 1.35 bits per heavy atom. The van der Waals surface area contributed by atoms with E-state index in [2.05, 4.69) is 5.10 Å². The van der Waals surface area contributed by atoms with Gasteiger partial charge in [0.1, 0.15) is 0 Å². The molecular weight excluding hydrogens is 297 g/mol. The van der Waals surface area contributed by atoms with Gasteiger partial charge in [-0.3, -0.25) is 0 Å². The summed E-state index contributed by atoms with van der Waals surface area (Å²) in [6.07, 6.45) is -3.22. The molecule has 0 amide bonds. The number of hydrogen-bond acceptors (Lipinski definition) is 2. The molecule has 1 aromatic carbocycles. The maximum absolute atomic E-state index is 12.7. The summed E-state index contributed by atoms with van der Waals surface area (Å²) >= 11 is 5.66. The fraction of sp³-hybridized carbons (Fsp3) is 0.167. The topological polar surface area (TPSA) is 55.1 Å². The Bertz CT molecular complexity index is 680. The molecule has 0 atom stereocenters.